The van der Waals surface area contributed by atoms with E-state index in [1.54, 1.807) is 6.92 Å². The number of benzene rings is 2. The molecule has 3 aromatic rings. The maximum atomic E-state index is 14.2. The number of carbonyl (C=O) groups is 1. The van der Waals surface area contributed by atoms with Gasteiger partial charge in [-0.2, -0.15) is 13.2 Å². The Morgan fingerprint density at radius 3 is 2.50 bits per heavy atom. The first-order valence-electron chi connectivity index (χ1n) is 11.5. The van der Waals surface area contributed by atoms with Crippen LogP contribution in [0.3, 0.4) is 0 Å². The van der Waals surface area contributed by atoms with Crippen LogP contribution in [-0.4, -0.2) is 34.8 Å². The topological polar surface area (TPSA) is 113 Å². The summed E-state index contributed by atoms with van der Waals surface area (Å²) >= 11 is 9.84. The molecule has 4 rings (SSSR count). The number of hydrogen-bond donors (Lipinski definition) is 0. The molecular formula is C25H18BrClF3N3O6S. The van der Waals surface area contributed by atoms with Gasteiger partial charge >= 0.3 is 17.8 Å². The summed E-state index contributed by atoms with van der Waals surface area (Å²) in [4.78, 5) is 40.9. The molecule has 2 heterocycles. The standard InChI is InChI=1S/C25H18BrClF3N3O6S/c1-3-38-20-15(26)9-12(10-16(20)33(36)37)11-17-22(34)32-19(13-5-7-14(27)8-6-13)18(23(35)39-4-2)21(25(28,29)30)31-24(32)40-17/h5-11,19H,3-4H2,1-2H3/b17-11-/t19-/m1/s1. The lowest BCUT2D eigenvalue weighted by atomic mass is 9.95. The highest BCUT2D eigenvalue weighted by molar-refractivity contribution is 9.10. The maximum Gasteiger partial charge on any atom is 0.434 e. The third-order valence-corrected chi connectivity index (χ3v) is 7.43. The molecule has 0 fully saturated rings. The maximum absolute atomic E-state index is 14.2. The molecule has 0 radical (unpaired) electrons. The fourth-order valence-corrected chi connectivity index (χ4v) is 5.77. The van der Waals surface area contributed by atoms with Gasteiger partial charge in [-0.05, 0) is 65.2 Å². The number of aromatic nitrogens is 1. The summed E-state index contributed by atoms with van der Waals surface area (Å²) in [6.45, 7) is 3.04. The number of nitro benzene ring substituents is 1. The zero-order valence-corrected chi connectivity index (χ0v) is 23.8. The molecular weight excluding hydrogens is 643 g/mol. The molecule has 0 saturated heterocycles. The van der Waals surface area contributed by atoms with Crippen molar-refractivity contribution in [2.75, 3.05) is 13.2 Å². The fraction of sp³-hybridized carbons (Fsp3) is 0.240. The molecule has 40 heavy (non-hydrogen) atoms. The van der Waals surface area contributed by atoms with E-state index in [1.807, 2.05) is 0 Å². The zero-order chi connectivity index (χ0) is 29.4. The number of hydrogen-bond acceptors (Lipinski definition) is 8. The smallest absolute Gasteiger partial charge is 0.434 e. The molecule has 0 spiro atoms. The van der Waals surface area contributed by atoms with Crippen LogP contribution in [0.1, 0.15) is 31.0 Å². The van der Waals surface area contributed by atoms with Gasteiger partial charge in [-0.1, -0.05) is 35.1 Å². The van der Waals surface area contributed by atoms with Crippen LogP contribution in [-0.2, 0) is 9.53 Å². The third kappa shape index (κ3) is 5.69. The molecule has 1 aromatic heterocycles. The quantitative estimate of drug-likeness (QED) is 0.199. The predicted octanol–water partition coefficient (Wildman–Crippen LogP) is 5.06. The largest absolute Gasteiger partial charge is 0.486 e. The molecule has 2 aromatic carbocycles. The van der Waals surface area contributed by atoms with E-state index >= 15 is 0 Å². The van der Waals surface area contributed by atoms with Crippen molar-refractivity contribution in [3.8, 4) is 5.75 Å². The summed E-state index contributed by atoms with van der Waals surface area (Å²) in [5.74, 6) is -1.29. The normalized spacial score (nSPS) is 15.5. The van der Waals surface area contributed by atoms with E-state index in [2.05, 4.69) is 20.9 Å². The lowest BCUT2D eigenvalue weighted by Gasteiger charge is -2.26. The predicted molar refractivity (Wildman–Crippen MR) is 144 cm³/mol. The third-order valence-electron chi connectivity index (χ3n) is 5.61. The minimum atomic E-state index is -5.05. The minimum absolute atomic E-state index is 0.0113. The number of alkyl halides is 3. The molecule has 1 aliphatic rings. The minimum Gasteiger partial charge on any atom is -0.486 e. The molecule has 0 saturated carbocycles. The Balaban J connectivity index is 2.03. The highest BCUT2D eigenvalue weighted by Crippen LogP contribution is 2.39. The van der Waals surface area contributed by atoms with Gasteiger partial charge in [0.15, 0.2) is 10.5 Å². The van der Waals surface area contributed by atoms with Crippen LogP contribution in [0.15, 0.2) is 61.9 Å². The second-order valence-electron chi connectivity index (χ2n) is 8.16. The molecule has 0 unspecified atom stereocenters. The summed E-state index contributed by atoms with van der Waals surface area (Å²) in [6, 6.07) is 6.74. The number of nitro groups is 1. The highest BCUT2D eigenvalue weighted by atomic mass is 79.9. The summed E-state index contributed by atoms with van der Waals surface area (Å²) in [5, 5.41) is 11.9. The molecule has 15 heteroatoms. The fourth-order valence-electron chi connectivity index (χ4n) is 4.06. The van der Waals surface area contributed by atoms with Gasteiger partial charge in [0.05, 0.1) is 38.8 Å². The molecule has 0 N–H and O–H groups in total. The van der Waals surface area contributed by atoms with Gasteiger partial charge in [0, 0.05) is 11.1 Å². The molecule has 0 amide bonds. The summed E-state index contributed by atoms with van der Waals surface area (Å²) in [6.07, 6.45) is -3.76. The molecule has 0 aliphatic carbocycles. The van der Waals surface area contributed by atoms with Crippen LogP contribution in [0.2, 0.25) is 5.02 Å². The summed E-state index contributed by atoms with van der Waals surface area (Å²) in [7, 11) is 0. The number of ether oxygens (including phenoxy) is 2. The van der Waals surface area contributed by atoms with Crippen molar-refractivity contribution in [3.63, 3.8) is 0 Å². The molecule has 1 atom stereocenters. The van der Waals surface area contributed by atoms with Crippen molar-refractivity contribution < 1.29 is 32.4 Å². The monoisotopic (exact) mass is 659 g/mol. The van der Waals surface area contributed by atoms with Crippen molar-refractivity contribution in [1.82, 2.24) is 4.57 Å². The Morgan fingerprint density at radius 1 is 1.25 bits per heavy atom. The van der Waals surface area contributed by atoms with Crippen LogP contribution >= 0.6 is 38.9 Å². The second kappa shape index (κ2) is 11.6. The van der Waals surface area contributed by atoms with Crippen molar-refractivity contribution in [3.05, 3.63) is 98.1 Å². The van der Waals surface area contributed by atoms with Gasteiger partial charge in [0.1, 0.15) is 0 Å². The van der Waals surface area contributed by atoms with Crippen LogP contribution in [0, 0.1) is 10.1 Å². The van der Waals surface area contributed by atoms with Gasteiger partial charge in [-0.25, -0.2) is 9.79 Å². The van der Waals surface area contributed by atoms with Gasteiger partial charge in [-0.3, -0.25) is 19.5 Å². The Bertz CT molecular complexity index is 1720. The van der Waals surface area contributed by atoms with E-state index in [0.29, 0.717) is 11.3 Å². The van der Waals surface area contributed by atoms with E-state index in [-0.39, 0.29) is 54.6 Å². The molecule has 210 valence electrons. The van der Waals surface area contributed by atoms with Gasteiger partial charge < -0.3 is 9.47 Å². The van der Waals surface area contributed by atoms with Crippen LogP contribution in [0.4, 0.5) is 18.9 Å². The Morgan fingerprint density at radius 2 is 1.93 bits per heavy atom. The number of halogens is 5. The number of allylic oxidation sites excluding steroid dienone is 1. The van der Waals surface area contributed by atoms with E-state index in [4.69, 9.17) is 21.1 Å². The zero-order valence-electron chi connectivity index (χ0n) is 20.6. The van der Waals surface area contributed by atoms with Crippen molar-refractivity contribution in [1.29, 1.82) is 0 Å². The Labute approximate surface area is 241 Å². The van der Waals surface area contributed by atoms with Gasteiger partial charge in [0.25, 0.3) is 5.56 Å². The van der Waals surface area contributed by atoms with E-state index in [1.165, 1.54) is 49.4 Å². The van der Waals surface area contributed by atoms with Crippen LogP contribution in [0.25, 0.3) is 6.08 Å². The summed E-state index contributed by atoms with van der Waals surface area (Å²) < 4.78 is 54.0. The SMILES string of the molecule is CCOC(=O)C1=C(C(F)(F)F)N=c2s/c(=C\c3cc(Br)c(OCC)c([N+](=O)[O-])c3)c(=O)n2[C@@H]1c1ccc(Cl)cc1. The number of thiazole rings is 1. The average Bonchev–Trinajstić information content (AvgIpc) is 3.19. The van der Waals surface area contributed by atoms with Crippen LogP contribution < -0.4 is 19.6 Å². The van der Waals surface area contributed by atoms with E-state index in [9.17, 15) is 32.9 Å². The molecule has 9 nitrogen and oxygen atoms in total. The van der Waals surface area contributed by atoms with Crippen molar-refractivity contribution >= 4 is 56.6 Å². The van der Waals surface area contributed by atoms with Crippen molar-refractivity contribution in [2.24, 2.45) is 4.99 Å². The van der Waals surface area contributed by atoms with Crippen LogP contribution in [0.5, 0.6) is 5.75 Å². The number of rotatable bonds is 7. The number of fused-ring (bicyclic) bond motifs is 1. The average molecular weight is 661 g/mol. The first kappa shape index (κ1) is 29.5. The van der Waals surface area contributed by atoms with Gasteiger partial charge in [0.2, 0.25) is 5.75 Å². The van der Waals surface area contributed by atoms with Gasteiger partial charge in [-0.15, -0.1) is 0 Å². The number of carbonyl (C=O) groups excluding carboxylic acids is 1. The second-order valence-corrected chi connectivity index (χ2v) is 10.5. The first-order valence-corrected chi connectivity index (χ1v) is 13.5. The first-order chi connectivity index (χ1) is 18.9. The van der Waals surface area contributed by atoms with E-state index in [0.717, 1.165) is 4.57 Å². The Hall–Kier alpha value is -3.49. The van der Waals surface area contributed by atoms with E-state index < -0.39 is 39.9 Å². The molecule has 0 bridgehead atoms. The molecule has 1 aliphatic heterocycles. The summed E-state index contributed by atoms with van der Waals surface area (Å²) in [5.41, 5.74) is -3.11. The highest BCUT2D eigenvalue weighted by Gasteiger charge is 2.45. The lowest BCUT2D eigenvalue weighted by molar-refractivity contribution is -0.385. The number of nitrogens with zero attached hydrogens (tertiary/aromatic N) is 3. The number of esters is 1. The lowest BCUT2D eigenvalue weighted by Crippen LogP contribution is -2.41. The van der Waals surface area contributed by atoms with Crippen molar-refractivity contribution in [2.45, 2.75) is 26.1 Å². The Kier molecular flexibility index (Phi) is 8.52.